The van der Waals surface area contributed by atoms with E-state index < -0.39 is 23.4 Å². The average Bonchev–Trinajstić information content (AvgIpc) is 2.88. The Morgan fingerprint density at radius 1 is 1.18 bits per heavy atom. The molecule has 0 unspecified atom stereocenters. The Morgan fingerprint density at radius 3 is 2.66 bits per heavy atom. The zero-order valence-corrected chi connectivity index (χ0v) is 21.6. The van der Waals surface area contributed by atoms with E-state index in [0.717, 1.165) is 47.5 Å². The van der Waals surface area contributed by atoms with Gasteiger partial charge in [-0.25, -0.2) is 13.2 Å². The highest BCUT2D eigenvalue weighted by Crippen LogP contribution is 2.40. The zero-order valence-electron chi connectivity index (χ0n) is 21.6. The molecule has 3 aromatic rings. The summed E-state index contributed by atoms with van der Waals surface area (Å²) in [6, 6.07) is 7.20. The summed E-state index contributed by atoms with van der Waals surface area (Å²) in [5.74, 6) is 1.99. The number of methoxy groups -OCH3 is 1. The van der Waals surface area contributed by atoms with Crippen LogP contribution in [-0.4, -0.2) is 47.7 Å². The van der Waals surface area contributed by atoms with Crippen molar-refractivity contribution in [1.82, 2.24) is 9.88 Å². The number of nitrogens with zero attached hydrogens (tertiary/aromatic N) is 2. The predicted octanol–water partition coefficient (Wildman–Crippen LogP) is 5.90. The minimum absolute atomic E-state index is 0.101. The standard InChI is InChI=1S/C30H31F3N2O3/c1-20-19-34-27-8-7-23(38-2)17-25(27)24(20)6-3-9-30(18-28(36)37)10-13-35(14-11-30)12-4-5-21-15-22(31)16-26(32)29(21)33/h7-8,15-17,19H,3,6,9-14,18H2,1-2H3,(H,36,37). The van der Waals surface area contributed by atoms with Crippen molar-refractivity contribution in [2.45, 2.75) is 45.4 Å². The summed E-state index contributed by atoms with van der Waals surface area (Å²) in [6.07, 6.45) is 5.81. The van der Waals surface area contributed by atoms with E-state index in [1.165, 1.54) is 5.56 Å². The highest BCUT2D eigenvalue weighted by Gasteiger charge is 2.36. The van der Waals surface area contributed by atoms with E-state index in [4.69, 9.17) is 4.74 Å². The van der Waals surface area contributed by atoms with Gasteiger partial charge in [0.05, 0.1) is 31.2 Å². The lowest BCUT2D eigenvalue weighted by Crippen LogP contribution is -2.41. The summed E-state index contributed by atoms with van der Waals surface area (Å²) in [6.45, 7) is 3.65. The summed E-state index contributed by atoms with van der Waals surface area (Å²) in [5, 5.41) is 10.7. The molecule has 0 amide bonds. The second-order valence-corrected chi connectivity index (χ2v) is 10.1. The van der Waals surface area contributed by atoms with E-state index >= 15 is 0 Å². The van der Waals surface area contributed by atoms with Crippen molar-refractivity contribution in [2.24, 2.45) is 5.41 Å². The number of aryl methyl sites for hydroxylation is 2. The summed E-state index contributed by atoms with van der Waals surface area (Å²) < 4.78 is 46.0. The molecule has 1 aliphatic rings. The quantitative estimate of drug-likeness (QED) is 0.294. The number of benzene rings is 2. The number of carbonyl (C=O) groups is 1. The van der Waals surface area contributed by atoms with Crippen LogP contribution in [0.5, 0.6) is 5.75 Å². The number of carboxylic acid groups (broad SMARTS) is 1. The number of ether oxygens (including phenoxy) is 1. The zero-order chi connectivity index (χ0) is 27.3. The fourth-order valence-corrected chi connectivity index (χ4v) is 5.34. The largest absolute Gasteiger partial charge is 0.497 e. The molecule has 5 nitrogen and oxygen atoms in total. The Bertz CT molecular complexity index is 1390. The molecule has 8 heteroatoms. The molecule has 1 fully saturated rings. The van der Waals surface area contributed by atoms with Crippen molar-refractivity contribution in [3.63, 3.8) is 0 Å². The van der Waals surface area contributed by atoms with Gasteiger partial charge < -0.3 is 9.84 Å². The van der Waals surface area contributed by atoms with Crippen LogP contribution in [-0.2, 0) is 11.2 Å². The molecule has 200 valence electrons. The first-order chi connectivity index (χ1) is 18.2. The number of hydrogen-bond donors (Lipinski definition) is 1. The van der Waals surface area contributed by atoms with Crippen LogP contribution in [0.3, 0.4) is 0 Å². The molecule has 4 rings (SSSR count). The molecule has 2 heterocycles. The first kappa shape index (κ1) is 27.5. The summed E-state index contributed by atoms with van der Waals surface area (Å²) in [7, 11) is 1.64. The maximum Gasteiger partial charge on any atom is 0.303 e. The molecule has 0 atom stereocenters. The van der Waals surface area contributed by atoms with Crippen molar-refractivity contribution >= 4 is 16.9 Å². The van der Waals surface area contributed by atoms with Gasteiger partial charge in [0, 0.05) is 17.6 Å². The van der Waals surface area contributed by atoms with Crippen LogP contribution in [0.4, 0.5) is 13.2 Å². The minimum atomic E-state index is -1.26. The van der Waals surface area contributed by atoms with Gasteiger partial charge in [0.25, 0.3) is 0 Å². The van der Waals surface area contributed by atoms with Gasteiger partial charge in [0.2, 0.25) is 0 Å². The molecule has 0 saturated carbocycles. The fraction of sp³-hybridized carbons (Fsp3) is 0.400. The maximum atomic E-state index is 13.8. The molecule has 1 saturated heterocycles. The Labute approximate surface area is 220 Å². The van der Waals surface area contributed by atoms with Crippen LogP contribution in [0, 0.1) is 41.6 Å². The molecule has 0 spiro atoms. The van der Waals surface area contributed by atoms with Gasteiger partial charge in [-0.05, 0) is 92.9 Å². The number of pyridine rings is 1. The van der Waals surface area contributed by atoms with Gasteiger partial charge in [-0.3, -0.25) is 14.7 Å². The van der Waals surface area contributed by atoms with E-state index in [0.29, 0.717) is 38.5 Å². The van der Waals surface area contributed by atoms with Crippen LogP contribution in [0.2, 0.25) is 0 Å². The second kappa shape index (κ2) is 11.9. The van der Waals surface area contributed by atoms with E-state index in [9.17, 15) is 23.1 Å². The van der Waals surface area contributed by atoms with E-state index in [2.05, 4.69) is 21.7 Å². The van der Waals surface area contributed by atoms with Gasteiger partial charge in [-0.1, -0.05) is 11.8 Å². The Kier molecular flexibility index (Phi) is 8.58. The van der Waals surface area contributed by atoms with Crippen LogP contribution in [0.1, 0.15) is 48.8 Å². The van der Waals surface area contributed by atoms with Crippen molar-refractivity contribution in [2.75, 3.05) is 26.7 Å². The SMILES string of the molecule is COc1ccc2ncc(C)c(CCCC3(CC(=O)O)CCN(CC#Cc4cc(F)cc(F)c4F)CC3)c2c1. The molecule has 1 aliphatic heterocycles. The molecule has 0 bridgehead atoms. The smallest absolute Gasteiger partial charge is 0.303 e. The lowest BCUT2D eigenvalue weighted by atomic mass is 9.72. The van der Waals surface area contributed by atoms with Crippen LogP contribution in [0.15, 0.2) is 36.5 Å². The molecule has 1 aromatic heterocycles. The number of aromatic nitrogens is 1. The van der Waals surface area contributed by atoms with Crippen molar-refractivity contribution in [3.05, 3.63) is 70.7 Å². The molecule has 2 aromatic carbocycles. The van der Waals surface area contributed by atoms with Gasteiger partial charge in [-0.2, -0.15) is 0 Å². The van der Waals surface area contributed by atoms with Gasteiger partial charge >= 0.3 is 5.97 Å². The number of aliphatic carboxylic acids is 1. The molecule has 0 radical (unpaired) electrons. The predicted molar refractivity (Wildman–Crippen MR) is 140 cm³/mol. The van der Waals surface area contributed by atoms with Crippen LogP contribution < -0.4 is 4.74 Å². The van der Waals surface area contributed by atoms with Crippen molar-refractivity contribution in [3.8, 4) is 17.6 Å². The normalized spacial score (nSPS) is 15.2. The highest BCUT2D eigenvalue weighted by molar-refractivity contribution is 5.84. The van der Waals surface area contributed by atoms with Gasteiger partial charge in [0.15, 0.2) is 11.6 Å². The number of halogens is 3. The van der Waals surface area contributed by atoms with Gasteiger partial charge in [0.1, 0.15) is 11.6 Å². The second-order valence-electron chi connectivity index (χ2n) is 10.1. The number of carboxylic acids is 1. The minimum Gasteiger partial charge on any atom is -0.497 e. The average molecular weight is 525 g/mol. The third-order valence-electron chi connectivity index (χ3n) is 7.50. The number of fused-ring (bicyclic) bond motifs is 1. The highest BCUT2D eigenvalue weighted by atomic mass is 19.2. The first-order valence-corrected chi connectivity index (χ1v) is 12.7. The first-order valence-electron chi connectivity index (χ1n) is 12.7. The van der Waals surface area contributed by atoms with Gasteiger partial charge in [-0.15, -0.1) is 0 Å². The molecular formula is C30H31F3N2O3. The van der Waals surface area contributed by atoms with Crippen molar-refractivity contribution < 1.29 is 27.8 Å². The van der Waals surface area contributed by atoms with Crippen LogP contribution in [0.25, 0.3) is 10.9 Å². The number of likely N-dealkylation sites (tertiary alicyclic amines) is 1. The maximum absolute atomic E-state index is 13.8. The molecule has 0 aliphatic carbocycles. The summed E-state index contributed by atoms with van der Waals surface area (Å²) in [5.41, 5.74) is 2.58. The fourth-order valence-electron chi connectivity index (χ4n) is 5.34. The van der Waals surface area contributed by atoms with Crippen LogP contribution >= 0.6 is 0 Å². The Hall–Kier alpha value is -3.57. The number of rotatable bonds is 8. The monoisotopic (exact) mass is 524 g/mol. The Balaban J connectivity index is 1.40. The third kappa shape index (κ3) is 6.46. The topological polar surface area (TPSA) is 62.7 Å². The number of hydrogen-bond acceptors (Lipinski definition) is 4. The summed E-state index contributed by atoms with van der Waals surface area (Å²) in [4.78, 5) is 18.3. The third-order valence-corrected chi connectivity index (χ3v) is 7.50. The van der Waals surface area contributed by atoms with E-state index in [-0.39, 0.29) is 17.4 Å². The van der Waals surface area contributed by atoms with E-state index in [1.54, 1.807) is 7.11 Å². The molecular weight excluding hydrogens is 493 g/mol. The lowest BCUT2D eigenvalue weighted by molar-refractivity contribution is -0.140. The van der Waals surface area contributed by atoms with E-state index in [1.807, 2.05) is 31.3 Å². The number of piperidine rings is 1. The van der Waals surface area contributed by atoms with Crippen molar-refractivity contribution in [1.29, 1.82) is 0 Å². The Morgan fingerprint density at radius 2 is 1.95 bits per heavy atom. The molecule has 1 N–H and O–H groups in total. The lowest BCUT2D eigenvalue weighted by Gasteiger charge is -2.41. The molecule has 38 heavy (non-hydrogen) atoms. The summed E-state index contributed by atoms with van der Waals surface area (Å²) >= 11 is 0.